The maximum absolute atomic E-state index is 11.0. The predicted molar refractivity (Wildman–Crippen MR) is 73.1 cm³/mol. The zero-order valence-electron chi connectivity index (χ0n) is 11.2. The van der Waals surface area contributed by atoms with E-state index in [-0.39, 0.29) is 12.0 Å². The summed E-state index contributed by atoms with van der Waals surface area (Å²) in [4.78, 5) is 13.4. The number of aryl methyl sites for hydroxylation is 1. The zero-order valence-corrected chi connectivity index (χ0v) is 11.2. The molecule has 0 unspecified atom stereocenters. The van der Waals surface area contributed by atoms with E-state index in [1.54, 1.807) is 0 Å². The molecule has 1 fully saturated rings. The minimum absolute atomic E-state index is 0.0397. The summed E-state index contributed by atoms with van der Waals surface area (Å²) in [5.74, 6) is -0.0397. The van der Waals surface area contributed by atoms with Crippen molar-refractivity contribution in [3.63, 3.8) is 0 Å². The molecule has 1 atom stereocenters. The van der Waals surface area contributed by atoms with Gasteiger partial charge in [0.2, 0.25) is 5.91 Å². The number of hydrogen-bond acceptors (Lipinski definition) is 3. The highest BCUT2D eigenvalue weighted by Crippen LogP contribution is 2.25. The van der Waals surface area contributed by atoms with Crippen molar-refractivity contribution in [1.29, 1.82) is 0 Å². The van der Waals surface area contributed by atoms with Gasteiger partial charge in [0.25, 0.3) is 0 Å². The molecule has 0 aliphatic carbocycles. The summed E-state index contributed by atoms with van der Waals surface area (Å²) in [6.07, 6.45) is 0.271. The van der Waals surface area contributed by atoms with Crippen molar-refractivity contribution in [1.82, 2.24) is 0 Å². The first-order chi connectivity index (χ1) is 8.56. The molecule has 0 bridgehead atoms. The SMILES string of the molecule is CC(=O)Nc1ccc(N2CCO[C@H](C)C2)c(C)c1. The summed E-state index contributed by atoms with van der Waals surface area (Å²) in [6, 6.07) is 6.03. The average molecular weight is 248 g/mol. The molecule has 0 radical (unpaired) electrons. The van der Waals surface area contributed by atoms with E-state index in [0.29, 0.717) is 0 Å². The Bertz CT molecular complexity index is 445. The Kier molecular flexibility index (Phi) is 3.87. The van der Waals surface area contributed by atoms with Gasteiger partial charge in [-0.1, -0.05) is 0 Å². The molecular weight excluding hydrogens is 228 g/mol. The molecule has 0 spiro atoms. The minimum atomic E-state index is -0.0397. The summed E-state index contributed by atoms with van der Waals surface area (Å²) in [5.41, 5.74) is 3.25. The first kappa shape index (κ1) is 12.9. The van der Waals surface area contributed by atoms with Crippen molar-refractivity contribution in [3.8, 4) is 0 Å². The first-order valence-corrected chi connectivity index (χ1v) is 6.31. The van der Waals surface area contributed by atoms with E-state index >= 15 is 0 Å². The maximum Gasteiger partial charge on any atom is 0.221 e. The van der Waals surface area contributed by atoms with Gasteiger partial charge in [-0.2, -0.15) is 0 Å². The van der Waals surface area contributed by atoms with Crippen LogP contribution in [0.5, 0.6) is 0 Å². The average Bonchev–Trinajstić information content (AvgIpc) is 2.28. The number of nitrogens with zero attached hydrogens (tertiary/aromatic N) is 1. The van der Waals surface area contributed by atoms with Crippen LogP contribution in [-0.4, -0.2) is 31.7 Å². The van der Waals surface area contributed by atoms with Crippen LogP contribution in [0.3, 0.4) is 0 Å². The van der Waals surface area contributed by atoms with Crippen molar-refractivity contribution in [2.45, 2.75) is 26.9 Å². The largest absolute Gasteiger partial charge is 0.375 e. The Morgan fingerprint density at radius 3 is 2.89 bits per heavy atom. The molecule has 4 nitrogen and oxygen atoms in total. The van der Waals surface area contributed by atoms with Crippen LogP contribution >= 0.6 is 0 Å². The van der Waals surface area contributed by atoms with Gasteiger partial charge in [0, 0.05) is 31.4 Å². The number of carbonyl (C=O) groups excluding carboxylic acids is 1. The zero-order chi connectivity index (χ0) is 13.1. The highest BCUT2D eigenvalue weighted by atomic mass is 16.5. The Labute approximate surface area is 108 Å². The Morgan fingerprint density at radius 2 is 2.28 bits per heavy atom. The summed E-state index contributed by atoms with van der Waals surface area (Å²) in [7, 11) is 0. The third-order valence-corrected chi connectivity index (χ3v) is 3.10. The Morgan fingerprint density at radius 1 is 1.50 bits per heavy atom. The van der Waals surface area contributed by atoms with Crippen molar-refractivity contribution in [2.75, 3.05) is 29.9 Å². The second-order valence-electron chi connectivity index (χ2n) is 4.81. The number of carbonyl (C=O) groups is 1. The van der Waals surface area contributed by atoms with E-state index in [2.05, 4.69) is 30.1 Å². The van der Waals surface area contributed by atoms with Crippen LogP contribution in [0.25, 0.3) is 0 Å². The van der Waals surface area contributed by atoms with Gasteiger partial charge in [0.1, 0.15) is 0 Å². The number of amides is 1. The van der Waals surface area contributed by atoms with Crippen LogP contribution in [0, 0.1) is 6.92 Å². The predicted octanol–water partition coefficient (Wildman–Crippen LogP) is 2.18. The van der Waals surface area contributed by atoms with Crippen molar-refractivity contribution >= 4 is 17.3 Å². The quantitative estimate of drug-likeness (QED) is 0.872. The molecule has 0 saturated carbocycles. The van der Waals surface area contributed by atoms with E-state index in [1.807, 2.05) is 12.1 Å². The molecule has 0 aromatic heterocycles. The molecular formula is C14H20N2O2. The monoisotopic (exact) mass is 248 g/mol. The summed E-state index contributed by atoms with van der Waals surface area (Å²) in [5, 5.41) is 2.80. The lowest BCUT2D eigenvalue weighted by Crippen LogP contribution is -2.41. The van der Waals surface area contributed by atoms with Crippen LogP contribution in [-0.2, 0) is 9.53 Å². The number of rotatable bonds is 2. The fraction of sp³-hybridized carbons (Fsp3) is 0.500. The van der Waals surface area contributed by atoms with Crippen molar-refractivity contribution in [3.05, 3.63) is 23.8 Å². The smallest absolute Gasteiger partial charge is 0.221 e. The van der Waals surface area contributed by atoms with E-state index in [1.165, 1.54) is 18.2 Å². The van der Waals surface area contributed by atoms with Crippen LogP contribution in [0.1, 0.15) is 19.4 Å². The van der Waals surface area contributed by atoms with Gasteiger partial charge in [0.05, 0.1) is 12.7 Å². The first-order valence-electron chi connectivity index (χ1n) is 6.31. The second-order valence-corrected chi connectivity index (χ2v) is 4.81. The molecule has 1 heterocycles. The van der Waals surface area contributed by atoms with Gasteiger partial charge in [-0.3, -0.25) is 4.79 Å². The standard InChI is InChI=1S/C14H20N2O2/c1-10-8-13(15-12(3)17)4-5-14(10)16-6-7-18-11(2)9-16/h4-5,8,11H,6-7,9H2,1-3H3,(H,15,17)/t11-/m1/s1. The van der Waals surface area contributed by atoms with Gasteiger partial charge in [-0.15, -0.1) is 0 Å². The van der Waals surface area contributed by atoms with Crippen LogP contribution in [0.2, 0.25) is 0 Å². The molecule has 1 aromatic carbocycles. The lowest BCUT2D eigenvalue weighted by Gasteiger charge is -2.34. The minimum Gasteiger partial charge on any atom is -0.375 e. The molecule has 4 heteroatoms. The lowest BCUT2D eigenvalue weighted by atomic mass is 10.1. The van der Waals surface area contributed by atoms with E-state index in [9.17, 15) is 4.79 Å². The molecule has 1 aliphatic heterocycles. The van der Waals surface area contributed by atoms with Crippen LogP contribution in [0.4, 0.5) is 11.4 Å². The third-order valence-electron chi connectivity index (χ3n) is 3.10. The number of nitrogens with one attached hydrogen (secondary N) is 1. The van der Waals surface area contributed by atoms with E-state index < -0.39 is 0 Å². The maximum atomic E-state index is 11.0. The van der Waals surface area contributed by atoms with Gasteiger partial charge in [-0.25, -0.2) is 0 Å². The summed E-state index contributed by atoms with van der Waals surface area (Å²) in [6.45, 7) is 8.29. The molecule has 1 aromatic rings. The van der Waals surface area contributed by atoms with Gasteiger partial charge >= 0.3 is 0 Å². The number of ether oxygens (including phenoxy) is 1. The van der Waals surface area contributed by atoms with Crippen molar-refractivity contribution in [2.24, 2.45) is 0 Å². The van der Waals surface area contributed by atoms with Gasteiger partial charge in [0.15, 0.2) is 0 Å². The molecule has 98 valence electrons. The van der Waals surface area contributed by atoms with Crippen molar-refractivity contribution < 1.29 is 9.53 Å². The number of anilines is 2. The second kappa shape index (κ2) is 5.40. The fourth-order valence-electron chi connectivity index (χ4n) is 2.33. The normalized spacial score (nSPS) is 19.7. The molecule has 1 saturated heterocycles. The highest BCUT2D eigenvalue weighted by Gasteiger charge is 2.18. The van der Waals surface area contributed by atoms with Gasteiger partial charge < -0.3 is 15.0 Å². The summed E-state index contributed by atoms with van der Waals surface area (Å²) < 4.78 is 5.55. The van der Waals surface area contributed by atoms with Crippen LogP contribution in [0.15, 0.2) is 18.2 Å². The Balaban J connectivity index is 2.16. The number of hydrogen-bond donors (Lipinski definition) is 1. The van der Waals surface area contributed by atoms with E-state index in [4.69, 9.17) is 4.74 Å². The summed E-state index contributed by atoms with van der Waals surface area (Å²) >= 11 is 0. The Hall–Kier alpha value is -1.55. The molecule has 2 rings (SSSR count). The number of benzene rings is 1. The van der Waals surface area contributed by atoms with E-state index in [0.717, 1.165) is 25.4 Å². The number of morpholine rings is 1. The molecule has 18 heavy (non-hydrogen) atoms. The van der Waals surface area contributed by atoms with Crippen LogP contribution < -0.4 is 10.2 Å². The third kappa shape index (κ3) is 3.01. The lowest BCUT2D eigenvalue weighted by molar-refractivity contribution is -0.114. The molecule has 1 aliphatic rings. The topological polar surface area (TPSA) is 41.6 Å². The molecule has 1 N–H and O–H groups in total. The molecule has 1 amide bonds. The van der Waals surface area contributed by atoms with Gasteiger partial charge in [-0.05, 0) is 37.6 Å². The fourth-order valence-corrected chi connectivity index (χ4v) is 2.33. The highest BCUT2D eigenvalue weighted by molar-refractivity contribution is 5.89.